The molecule has 78 valence electrons. The summed E-state index contributed by atoms with van der Waals surface area (Å²) < 4.78 is 0. The van der Waals surface area contributed by atoms with Gasteiger partial charge in [-0.1, -0.05) is 23.7 Å². The van der Waals surface area contributed by atoms with Gasteiger partial charge in [-0.3, -0.25) is 0 Å². The fraction of sp³-hybridized carbons (Fsp3) is 0. The van der Waals surface area contributed by atoms with E-state index < -0.39 is 0 Å². The molecule has 1 aromatic heterocycles. The predicted octanol–water partition coefficient (Wildman–Crippen LogP) is 3.48. The van der Waals surface area contributed by atoms with Gasteiger partial charge >= 0.3 is 0 Å². The van der Waals surface area contributed by atoms with E-state index in [1.165, 1.54) is 11.8 Å². The number of terminal acetylenes is 1. The number of aromatic nitrogens is 2. The molecule has 0 aliphatic carbocycles. The molecule has 0 radical (unpaired) electrons. The molecule has 2 nitrogen and oxygen atoms in total. The monoisotopic (exact) mass is 246 g/mol. The molecule has 0 fully saturated rings. The van der Waals surface area contributed by atoms with E-state index in [1.54, 1.807) is 12.4 Å². The van der Waals surface area contributed by atoms with Gasteiger partial charge in [-0.05, 0) is 22.9 Å². The van der Waals surface area contributed by atoms with Gasteiger partial charge in [-0.25, -0.2) is 9.97 Å². The maximum atomic E-state index is 5.81. The van der Waals surface area contributed by atoms with E-state index in [0.717, 1.165) is 11.1 Å². The Bertz CT molecular complexity index is 514. The van der Waals surface area contributed by atoms with Crippen molar-refractivity contribution in [1.29, 1.82) is 0 Å². The van der Waals surface area contributed by atoms with Crippen molar-refractivity contribution < 1.29 is 0 Å². The minimum absolute atomic E-state index is 0.584. The van der Waals surface area contributed by atoms with Crippen LogP contribution in [0.1, 0.15) is 0 Å². The summed E-state index contributed by atoms with van der Waals surface area (Å²) in [4.78, 5) is 8.29. The zero-order valence-corrected chi connectivity index (χ0v) is 9.79. The highest BCUT2D eigenvalue weighted by atomic mass is 35.5. The lowest BCUT2D eigenvalue weighted by Gasteiger charge is -2.01. The Morgan fingerprint density at radius 1 is 1.06 bits per heavy atom. The second kappa shape index (κ2) is 5.02. The van der Waals surface area contributed by atoms with Crippen molar-refractivity contribution >= 4 is 23.4 Å². The second-order valence-electron chi connectivity index (χ2n) is 2.98. The Balaban J connectivity index is 2.28. The van der Waals surface area contributed by atoms with E-state index in [0.29, 0.717) is 10.2 Å². The maximum Gasteiger partial charge on any atom is 0.200 e. The SMILES string of the molecule is C#CSc1ncc(-c2ccc(Cl)cc2)cn1. The highest BCUT2D eigenvalue weighted by molar-refractivity contribution is 8.03. The Labute approximate surface area is 103 Å². The summed E-state index contributed by atoms with van der Waals surface area (Å²) in [6.45, 7) is 0. The molecule has 0 unspecified atom stereocenters. The Hall–Kier alpha value is -1.50. The number of nitrogens with zero attached hydrogens (tertiary/aromatic N) is 2. The summed E-state index contributed by atoms with van der Waals surface area (Å²) in [5.41, 5.74) is 1.97. The zero-order valence-electron chi connectivity index (χ0n) is 8.22. The molecule has 1 aromatic carbocycles. The van der Waals surface area contributed by atoms with Crippen molar-refractivity contribution in [3.05, 3.63) is 41.7 Å². The summed E-state index contributed by atoms with van der Waals surface area (Å²) in [5, 5.41) is 3.72. The van der Waals surface area contributed by atoms with Crippen molar-refractivity contribution in [3.8, 4) is 22.8 Å². The molecule has 0 aliphatic heterocycles. The minimum atomic E-state index is 0.584. The third kappa shape index (κ3) is 2.54. The smallest absolute Gasteiger partial charge is 0.200 e. The second-order valence-corrected chi connectivity index (χ2v) is 4.22. The zero-order chi connectivity index (χ0) is 11.4. The third-order valence-electron chi connectivity index (χ3n) is 1.96. The van der Waals surface area contributed by atoms with E-state index in [2.05, 4.69) is 15.2 Å². The first-order valence-electron chi connectivity index (χ1n) is 4.50. The number of benzene rings is 1. The molecule has 0 bridgehead atoms. The summed E-state index contributed by atoms with van der Waals surface area (Å²) in [5.74, 6) is 0. The largest absolute Gasteiger partial charge is 0.230 e. The molecular formula is C12H7ClN2S. The molecule has 16 heavy (non-hydrogen) atoms. The van der Waals surface area contributed by atoms with Gasteiger partial charge in [0, 0.05) is 34.7 Å². The van der Waals surface area contributed by atoms with Crippen molar-refractivity contribution in [1.82, 2.24) is 9.97 Å². The number of hydrogen-bond donors (Lipinski definition) is 0. The van der Waals surface area contributed by atoms with Gasteiger partial charge in [0.25, 0.3) is 0 Å². The van der Waals surface area contributed by atoms with E-state index in [-0.39, 0.29) is 0 Å². The molecule has 1 heterocycles. The van der Waals surface area contributed by atoms with Gasteiger partial charge in [-0.2, -0.15) is 0 Å². The summed E-state index contributed by atoms with van der Waals surface area (Å²) in [6.07, 6.45) is 8.64. The van der Waals surface area contributed by atoms with E-state index >= 15 is 0 Å². The van der Waals surface area contributed by atoms with Crippen LogP contribution in [0.3, 0.4) is 0 Å². The van der Waals surface area contributed by atoms with Gasteiger partial charge in [0.2, 0.25) is 0 Å². The Morgan fingerprint density at radius 3 is 2.25 bits per heavy atom. The number of rotatable bonds is 2. The van der Waals surface area contributed by atoms with Crippen molar-refractivity contribution in [3.63, 3.8) is 0 Å². The molecule has 2 rings (SSSR count). The highest BCUT2D eigenvalue weighted by Gasteiger charge is 2.00. The number of halogens is 1. The van der Waals surface area contributed by atoms with Gasteiger partial charge in [0.1, 0.15) is 0 Å². The van der Waals surface area contributed by atoms with Crippen LogP contribution in [-0.4, -0.2) is 9.97 Å². The first-order valence-corrected chi connectivity index (χ1v) is 5.69. The first kappa shape index (κ1) is 11.0. The van der Waals surface area contributed by atoms with Crippen LogP contribution in [0.15, 0.2) is 41.8 Å². The normalized spacial score (nSPS) is 9.75. The molecule has 0 N–H and O–H groups in total. The quantitative estimate of drug-likeness (QED) is 0.461. The maximum absolute atomic E-state index is 5.81. The van der Waals surface area contributed by atoms with Crippen LogP contribution in [0.5, 0.6) is 0 Å². The minimum Gasteiger partial charge on any atom is -0.230 e. The summed E-state index contributed by atoms with van der Waals surface area (Å²) in [6, 6.07) is 7.52. The van der Waals surface area contributed by atoms with E-state index in [9.17, 15) is 0 Å². The van der Waals surface area contributed by atoms with Crippen molar-refractivity contribution in [2.24, 2.45) is 0 Å². The third-order valence-corrected chi connectivity index (χ3v) is 2.72. The molecule has 0 saturated carbocycles. The lowest BCUT2D eigenvalue weighted by molar-refractivity contribution is 0.975. The lowest BCUT2D eigenvalue weighted by Crippen LogP contribution is -1.86. The molecule has 0 saturated heterocycles. The first-order chi connectivity index (χ1) is 7.79. The Kier molecular flexibility index (Phi) is 3.45. The topological polar surface area (TPSA) is 25.8 Å². The van der Waals surface area contributed by atoms with E-state index in [4.69, 9.17) is 18.0 Å². The molecule has 0 aliphatic rings. The average Bonchev–Trinajstić information content (AvgIpc) is 2.32. The molecule has 4 heteroatoms. The number of hydrogen-bond acceptors (Lipinski definition) is 3. The highest BCUT2D eigenvalue weighted by Crippen LogP contribution is 2.21. The van der Waals surface area contributed by atoms with E-state index in [1.807, 2.05) is 24.3 Å². The Morgan fingerprint density at radius 2 is 1.69 bits per heavy atom. The molecular weight excluding hydrogens is 240 g/mol. The van der Waals surface area contributed by atoms with Crippen LogP contribution >= 0.6 is 23.4 Å². The van der Waals surface area contributed by atoms with Crippen LogP contribution in [0.2, 0.25) is 5.02 Å². The van der Waals surface area contributed by atoms with Gasteiger partial charge in [-0.15, -0.1) is 6.42 Å². The van der Waals surface area contributed by atoms with Gasteiger partial charge < -0.3 is 0 Å². The standard InChI is InChI=1S/C12H7ClN2S/c1-2-16-12-14-7-10(8-15-12)9-3-5-11(13)6-4-9/h1,3-8H. The summed E-state index contributed by atoms with van der Waals surface area (Å²) >= 11 is 6.97. The summed E-state index contributed by atoms with van der Waals surface area (Å²) in [7, 11) is 0. The lowest BCUT2D eigenvalue weighted by atomic mass is 10.1. The molecule has 2 aromatic rings. The number of thioether (sulfide) groups is 1. The van der Waals surface area contributed by atoms with Gasteiger partial charge in [0.05, 0.1) is 0 Å². The van der Waals surface area contributed by atoms with Gasteiger partial charge in [0.15, 0.2) is 5.16 Å². The van der Waals surface area contributed by atoms with Crippen LogP contribution in [-0.2, 0) is 0 Å². The van der Waals surface area contributed by atoms with Crippen LogP contribution in [0.4, 0.5) is 0 Å². The van der Waals surface area contributed by atoms with Crippen LogP contribution < -0.4 is 0 Å². The average molecular weight is 247 g/mol. The fourth-order valence-corrected chi connectivity index (χ4v) is 1.66. The molecule has 0 amide bonds. The van der Waals surface area contributed by atoms with Crippen LogP contribution in [0.25, 0.3) is 11.1 Å². The van der Waals surface area contributed by atoms with Crippen LogP contribution in [0, 0.1) is 11.7 Å². The van der Waals surface area contributed by atoms with Crippen molar-refractivity contribution in [2.75, 3.05) is 0 Å². The van der Waals surface area contributed by atoms with Crippen molar-refractivity contribution in [2.45, 2.75) is 5.16 Å². The predicted molar refractivity (Wildman–Crippen MR) is 67.2 cm³/mol. The fourth-order valence-electron chi connectivity index (χ4n) is 1.21. The molecule has 0 atom stereocenters. The molecule has 0 spiro atoms.